The fourth-order valence-electron chi connectivity index (χ4n) is 3.41. The number of piperazine rings is 1. The van der Waals surface area contributed by atoms with E-state index < -0.39 is 0 Å². The molecule has 1 heterocycles. The van der Waals surface area contributed by atoms with Gasteiger partial charge in [0, 0.05) is 11.1 Å². The van der Waals surface area contributed by atoms with Crippen LogP contribution in [0.2, 0.25) is 0 Å². The first-order chi connectivity index (χ1) is 11.2. The van der Waals surface area contributed by atoms with Crippen molar-refractivity contribution < 1.29 is 9.80 Å². The van der Waals surface area contributed by atoms with Gasteiger partial charge >= 0.3 is 0 Å². The second-order valence-corrected chi connectivity index (χ2v) is 6.65. The van der Waals surface area contributed by atoms with Crippen LogP contribution in [0.4, 0.5) is 0 Å². The molecule has 23 heavy (non-hydrogen) atoms. The minimum Gasteiger partial charge on any atom is -0.322 e. The third-order valence-electron chi connectivity index (χ3n) is 4.74. The Morgan fingerprint density at radius 2 is 1.48 bits per heavy atom. The van der Waals surface area contributed by atoms with Gasteiger partial charge in [0.2, 0.25) is 0 Å². The quantitative estimate of drug-likeness (QED) is 0.839. The SMILES string of the molecule is Cc1cccc(C[NH+]2CC[NH+](Cc3ccc(C#N)cc3)CC2)c1. The first-order valence-electron chi connectivity index (χ1n) is 8.44. The van der Waals surface area contributed by atoms with Crippen LogP contribution in [0.1, 0.15) is 22.3 Å². The van der Waals surface area contributed by atoms with E-state index in [2.05, 4.69) is 49.4 Å². The van der Waals surface area contributed by atoms with Crippen molar-refractivity contribution in [1.82, 2.24) is 0 Å². The molecule has 0 aromatic heterocycles. The monoisotopic (exact) mass is 307 g/mol. The average Bonchev–Trinajstić information content (AvgIpc) is 2.57. The van der Waals surface area contributed by atoms with Crippen molar-refractivity contribution in [3.63, 3.8) is 0 Å². The summed E-state index contributed by atoms with van der Waals surface area (Å²) < 4.78 is 0. The van der Waals surface area contributed by atoms with Crippen molar-refractivity contribution >= 4 is 0 Å². The lowest BCUT2D eigenvalue weighted by Crippen LogP contribution is -3.27. The second-order valence-electron chi connectivity index (χ2n) is 6.65. The highest BCUT2D eigenvalue weighted by molar-refractivity contribution is 5.31. The molecule has 3 heteroatoms. The number of nitriles is 1. The first-order valence-corrected chi connectivity index (χ1v) is 8.44. The van der Waals surface area contributed by atoms with E-state index in [1.54, 1.807) is 9.80 Å². The molecular formula is C20H25N3+2. The third kappa shape index (κ3) is 4.41. The first kappa shape index (κ1) is 15.7. The molecule has 0 radical (unpaired) electrons. The van der Waals surface area contributed by atoms with Gasteiger partial charge in [-0.3, -0.25) is 0 Å². The van der Waals surface area contributed by atoms with Gasteiger partial charge in [0.05, 0.1) is 11.6 Å². The van der Waals surface area contributed by atoms with Crippen molar-refractivity contribution in [3.05, 3.63) is 70.8 Å². The number of aryl methyl sites for hydroxylation is 1. The molecule has 1 fully saturated rings. The smallest absolute Gasteiger partial charge is 0.127 e. The molecule has 0 amide bonds. The maximum atomic E-state index is 8.86. The predicted octanol–water partition coefficient (Wildman–Crippen LogP) is 0.350. The zero-order chi connectivity index (χ0) is 16.1. The van der Waals surface area contributed by atoms with Gasteiger partial charge in [0.1, 0.15) is 39.3 Å². The summed E-state index contributed by atoms with van der Waals surface area (Å²) in [4.78, 5) is 3.35. The van der Waals surface area contributed by atoms with Crippen LogP contribution in [-0.4, -0.2) is 26.2 Å². The highest BCUT2D eigenvalue weighted by atomic mass is 15.3. The number of rotatable bonds is 4. The zero-order valence-corrected chi connectivity index (χ0v) is 13.8. The van der Waals surface area contributed by atoms with Crippen molar-refractivity contribution in [3.8, 4) is 6.07 Å². The largest absolute Gasteiger partial charge is 0.322 e. The maximum absolute atomic E-state index is 8.86. The molecule has 0 bridgehead atoms. The summed E-state index contributed by atoms with van der Waals surface area (Å²) in [6.45, 7) is 9.30. The van der Waals surface area contributed by atoms with E-state index >= 15 is 0 Å². The van der Waals surface area contributed by atoms with Crippen LogP contribution < -0.4 is 9.80 Å². The number of nitrogens with one attached hydrogen (secondary N) is 2. The standard InChI is InChI=1S/C20H23N3/c1-17-3-2-4-20(13-17)16-23-11-9-22(10-12-23)15-19-7-5-18(14-21)6-8-19/h2-8,13H,9-12,15-16H2,1H3/p+2. The Labute approximate surface area is 138 Å². The minimum atomic E-state index is 0.746. The second kappa shape index (κ2) is 7.41. The number of benzene rings is 2. The van der Waals surface area contributed by atoms with Crippen LogP contribution in [0.25, 0.3) is 0 Å². The molecule has 2 aromatic carbocycles. The molecule has 1 aliphatic heterocycles. The van der Waals surface area contributed by atoms with Gasteiger partial charge < -0.3 is 9.80 Å². The average molecular weight is 307 g/mol. The lowest BCUT2D eigenvalue weighted by atomic mass is 10.1. The van der Waals surface area contributed by atoms with Gasteiger partial charge in [0.25, 0.3) is 0 Å². The molecule has 3 nitrogen and oxygen atoms in total. The van der Waals surface area contributed by atoms with Gasteiger partial charge in [-0.15, -0.1) is 0 Å². The van der Waals surface area contributed by atoms with E-state index in [0.717, 1.165) is 18.7 Å². The molecule has 0 saturated carbocycles. The molecule has 0 aliphatic carbocycles. The predicted molar refractivity (Wildman–Crippen MR) is 91.1 cm³/mol. The van der Waals surface area contributed by atoms with Gasteiger partial charge in [-0.1, -0.05) is 42.0 Å². The maximum Gasteiger partial charge on any atom is 0.127 e. The summed E-state index contributed by atoms with van der Waals surface area (Å²) in [5.41, 5.74) is 4.89. The highest BCUT2D eigenvalue weighted by Gasteiger charge is 2.23. The van der Waals surface area contributed by atoms with E-state index in [4.69, 9.17) is 5.26 Å². The number of nitrogens with zero attached hydrogens (tertiary/aromatic N) is 1. The topological polar surface area (TPSA) is 32.7 Å². The van der Waals surface area contributed by atoms with Crippen molar-refractivity contribution in [2.75, 3.05) is 26.2 Å². The van der Waals surface area contributed by atoms with Crippen LogP contribution in [0.5, 0.6) is 0 Å². The van der Waals surface area contributed by atoms with Crippen LogP contribution in [0.3, 0.4) is 0 Å². The third-order valence-corrected chi connectivity index (χ3v) is 4.74. The Morgan fingerprint density at radius 1 is 0.870 bits per heavy atom. The summed E-state index contributed by atoms with van der Waals surface area (Å²) >= 11 is 0. The Hall–Kier alpha value is -2.15. The van der Waals surface area contributed by atoms with Gasteiger partial charge in [-0.25, -0.2) is 0 Å². The van der Waals surface area contributed by atoms with Gasteiger partial charge in [0.15, 0.2) is 0 Å². The van der Waals surface area contributed by atoms with Crippen LogP contribution in [-0.2, 0) is 13.1 Å². The van der Waals surface area contributed by atoms with E-state index in [0.29, 0.717) is 0 Å². The van der Waals surface area contributed by atoms with E-state index in [9.17, 15) is 0 Å². The van der Waals surface area contributed by atoms with E-state index in [1.807, 2.05) is 12.1 Å². The molecule has 118 valence electrons. The van der Waals surface area contributed by atoms with Crippen LogP contribution in [0, 0.1) is 18.3 Å². The van der Waals surface area contributed by atoms with Crippen molar-refractivity contribution in [2.45, 2.75) is 20.0 Å². The molecule has 1 saturated heterocycles. The Morgan fingerprint density at radius 3 is 2.04 bits per heavy atom. The van der Waals surface area contributed by atoms with Crippen molar-refractivity contribution in [2.24, 2.45) is 0 Å². The Bertz CT molecular complexity index is 677. The Kier molecular flexibility index (Phi) is 5.07. The molecule has 3 rings (SSSR count). The fraction of sp³-hybridized carbons (Fsp3) is 0.350. The molecule has 2 aromatic rings. The minimum absolute atomic E-state index is 0.746. The highest BCUT2D eigenvalue weighted by Crippen LogP contribution is 2.03. The summed E-state index contributed by atoms with van der Waals surface area (Å²) in [7, 11) is 0. The van der Waals surface area contributed by atoms with Gasteiger partial charge in [-0.2, -0.15) is 5.26 Å². The molecule has 0 spiro atoms. The molecular weight excluding hydrogens is 282 g/mol. The van der Waals surface area contributed by atoms with Gasteiger partial charge in [-0.05, 0) is 19.1 Å². The van der Waals surface area contributed by atoms with E-state index in [-0.39, 0.29) is 0 Å². The van der Waals surface area contributed by atoms with Crippen LogP contribution in [0.15, 0.2) is 48.5 Å². The number of quaternary nitrogens is 2. The lowest BCUT2D eigenvalue weighted by Gasteiger charge is -2.29. The summed E-state index contributed by atoms with van der Waals surface area (Å²) in [5, 5.41) is 8.86. The zero-order valence-electron chi connectivity index (χ0n) is 13.8. The number of hydrogen-bond donors (Lipinski definition) is 2. The lowest BCUT2D eigenvalue weighted by molar-refractivity contribution is -1.02. The molecule has 1 aliphatic rings. The normalized spacial score (nSPS) is 20.9. The molecule has 0 atom stereocenters. The molecule has 0 unspecified atom stereocenters. The molecule has 2 N–H and O–H groups in total. The number of hydrogen-bond acceptors (Lipinski definition) is 1. The van der Waals surface area contributed by atoms with Crippen molar-refractivity contribution in [1.29, 1.82) is 5.26 Å². The van der Waals surface area contributed by atoms with Crippen LogP contribution >= 0.6 is 0 Å². The summed E-state index contributed by atoms with van der Waals surface area (Å²) in [6.07, 6.45) is 0. The van der Waals surface area contributed by atoms with E-state index in [1.165, 1.54) is 42.9 Å². The summed E-state index contributed by atoms with van der Waals surface area (Å²) in [5.74, 6) is 0. The summed E-state index contributed by atoms with van der Waals surface area (Å²) in [6, 6.07) is 19.1. The Balaban J connectivity index is 1.49. The fourth-order valence-corrected chi connectivity index (χ4v) is 3.41.